The molecule has 5 nitrogen and oxygen atoms in total. The van der Waals surface area contributed by atoms with Crippen molar-refractivity contribution in [2.75, 3.05) is 7.05 Å². The van der Waals surface area contributed by atoms with Gasteiger partial charge in [0.05, 0.1) is 51.8 Å². The van der Waals surface area contributed by atoms with E-state index in [1.54, 1.807) is 14.0 Å². The first-order valence-corrected chi connectivity index (χ1v) is 6.87. The minimum Gasteiger partial charge on any atom is -0.343 e. The van der Waals surface area contributed by atoms with E-state index in [1.807, 2.05) is 59.6 Å². The Morgan fingerprint density at radius 1 is 1.19 bits per heavy atom. The molecule has 0 aromatic carbocycles. The van der Waals surface area contributed by atoms with Crippen LogP contribution in [0.2, 0.25) is 0 Å². The molecule has 0 saturated heterocycles. The molecule has 0 bridgehead atoms. The topological polar surface area (TPSA) is 61.4 Å². The fraction of sp³-hybridized carbons (Fsp3) is 0.778. The highest BCUT2D eigenvalue weighted by Crippen LogP contribution is 2.10. The first kappa shape index (κ1) is 16.4. The maximum atomic E-state index is 11.8. The Morgan fingerprint density at radius 3 is 2.00 bits per heavy atom. The van der Waals surface area contributed by atoms with E-state index in [9.17, 15) is 9.59 Å². The van der Waals surface area contributed by atoms with Gasteiger partial charge in [0.1, 0.15) is 6.04 Å². The largest absolute Gasteiger partial charge is 0.343 e. The van der Waals surface area contributed by atoms with Crippen LogP contribution >= 0.6 is 45.7 Å². The number of nitrogens with zero attached hydrogens (tertiary/aromatic N) is 1. The summed E-state index contributed by atoms with van der Waals surface area (Å²) in [6.07, 6.45) is 0. The lowest BCUT2D eigenvalue weighted by atomic mass is 10.0. The first-order valence-electron chi connectivity index (χ1n) is 4.94. The second kappa shape index (κ2) is 7.64. The van der Waals surface area contributed by atoms with Crippen molar-refractivity contribution < 1.29 is 9.59 Å². The number of hydrogen-bond donors (Lipinski definition) is 2. The molecule has 0 aromatic rings. The summed E-state index contributed by atoms with van der Waals surface area (Å²) in [4.78, 5) is 23.3. The molecule has 0 aliphatic rings. The second-order valence-electron chi connectivity index (χ2n) is 3.81. The minimum atomic E-state index is -0.504. The Bertz CT molecular complexity index is 259. The predicted octanol–water partition coefficient (Wildman–Crippen LogP) is 1.26. The van der Waals surface area contributed by atoms with Gasteiger partial charge in [-0.2, -0.15) is 0 Å². The van der Waals surface area contributed by atoms with Gasteiger partial charge >= 0.3 is 0 Å². The van der Waals surface area contributed by atoms with Crippen LogP contribution in [0.25, 0.3) is 0 Å². The highest BCUT2D eigenvalue weighted by atomic mass is 127. The molecule has 2 amide bonds. The van der Waals surface area contributed by atoms with Gasteiger partial charge in [0.2, 0.25) is 5.91 Å². The fourth-order valence-electron chi connectivity index (χ4n) is 1.28. The Kier molecular flexibility index (Phi) is 7.81. The van der Waals surface area contributed by atoms with Gasteiger partial charge in [0.15, 0.2) is 0 Å². The molecule has 16 heavy (non-hydrogen) atoms. The average molecular weight is 453 g/mol. The number of carbonyl (C=O) groups is 2. The Balaban J connectivity index is 4.38. The summed E-state index contributed by atoms with van der Waals surface area (Å²) in [5, 5.41) is 5.63. The van der Waals surface area contributed by atoms with Gasteiger partial charge < -0.3 is 10.6 Å². The lowest BCUT2D eigenvalue weighted by Gasteiger charge is -2.22. The number of hydrogen-bond acceptors (Lipinski definition) is 3. The molecule has 0 fully saturated rings. The van der Waals surface area contributed by atoms with Gasteiger partial charge in [-0.3, -0.25) is 9.59 Å². The number of carbonyl (C=O) groups excluding carboxylic acids is 2. The van der Waals surface area contributed by atoms with Gasteiger partial charge in [0.25, 0.3) is 5.91 Å². The first-order chi connectivity index (χ1) is 7.31. The molecule has 94 valence electrons. The highest BCUT2D eigenvalue weighted by Gasteiger charge is 2.25. The normalized spacial score (nSPS) is 14.4. The number of halogens is 2. The van der Waals surface area contributed by atoms with Crippen LogP contribution in [0.5, 0.6) is 0 Å². The zero-order valence-corrected chi connectivity index (χ0v) is 14.1. The summed E-state index contributed by atoms with van der Waals surface area (Å²) in [5.74, 6) is -0.0937. The maximum absolute atomic E-state index is 11.8. The van der Waals surface area contributed by atoms with Crippen molar-refractivity contribution in [2.45, 2.75) is 32.9 Å². The molecule has 7 heteroatoms. The third-order valence-electron chi connectivity index (χ3n) is 2.16. The van der Waals surface area contributed by atoms with Crippen LogP contribution in [0.4, 0.5) is 0 Å². The standard InChI is InChI=1S/C9H17I2N3O2/c1-5(2)7(12-4)8(15)13-6(3)9(16)14(10)11/h5-7,12H,1-4H3,(H,13,15)/t6-,7-/m0/s1. The minimum absolute atomic E-state index is 0.131. The smallest absolute Gasteiger partial charge is 0.262 e. The second-order valence-corrected chi connectivity index (χ2v) is 7.59. The Hall–Kier alpha value is 0.360. The molecule has 0 aromatic heterocycles. The van der Waals surface area contributed by atoms with E-state index >= 15 is 0 Å². The van der Waals surface area contributed by atoms with Crippen LogP contribution in [-0.4, -0.2) is 32.3 Å². The van der Waals surface area contributed by atoms with Gasteiger partial charge in [0, 0.05) is 0 Å². The Labute approximate surface area is 124 Å². The summed E-state index contributed by atoms with van der Waals surface area (Å²) < 4.78 is 1.41. The predicted molar refractivity (Wildman–Crippen MR) is 80.2 cm³/mol. The monoisotopic (exact) mass is 453 g/mol. The lowest BCUT2D eigenvalue weighted by Crippen LogP contribution is -2.51. The number of rotatable bonds is 5. The van der Waals surface area contributed by atoms with Crippen molar-refractivity contribution in [1.29, 1.82) is 0 Å². The van der Waals surface area contributed by atoms with E-state index in [-0.39, 0.29) is 23.8 Å². The maximum Gasteiger partial charge on any atom is 0.262 e. The van der Waals surface area contributed by atoms with Crippen molar-refractivity contribution in [3.8, 4) is 0 Å². The molecule has 0 heterocycles. The molecule has 0 spiro atoms. The van der Waals surface area contributed by atoms with Gasteiger partial charge in [-0.1, -0.05) is 13.8 Å². The zero-order chi connectivity index (χ0) is 12.9. The molecule has 0 radical (unpaired) electrons. The molecule has 2 atom stereocenters. The fourth-order valence-corrected chi connectivity index (χ4v) is 2.11. The van der Waals surface area contributed by atoms with Crippen molar-refractivity contribution >= 4 is 57.5 Å². The molecule has 0 aliphatic carbocycles. The van der Waals surface area contributed by atoms with Crippen LogP contribution in [0, 0.1) is 5.92 Å². The number of likely N-dealkylation sites (N-methyl/N-ethyl adjacent to an activating group) is 1. The van der Waals surface area contributed by atoms with E-state index < -0.39 is 6.04 Å². The summed E-state index contributed by atoms with van der Waals surface area (Å²) in [6.45, 7) is 5.59. The summed E-state index contributed by atoms with van der Waals surface area (Å²) >= 11 is 3.75. The molecule has 0 rings (SSSR count). The van der Waals surface area contributed by atoms with E-state index in [4.69, 9.17) is 0 Å². The van der Waals surface area contributed by atoms with Gasteiger partial charge in [-0.05, 0) is 19.9 Å². The summed E-state index contributed by atoms with van der Waals surface area (Å²) in [5.41, 5.74) is 0. The SMILES string of the molecule is CN[C@H](C(=O)N[C@@H](C)C(=O)N(I)I)C(C)C. The lowest BCUT2D eigenvalue weighted by molar-refractivity contribution is -0.130. The summed E-state index contributed by atoms with van der Waals surface area (Å²) in [7, 11) is 1.74. The molecule has 0 unspecified atom stereocenters. The van der Waals surface area contributed by atoms with Crippen molar-refractivity contribution in [1.82, 2.24) is 12.0 Å². The van der Waals surface area contributed by atoms with Crippen LogP contribution < -0.4 is 10.6 Å². The van der Waals surface area contributed by atoms with Gasteiger partial charge in [-0.15, -0.1) is 0 Å². The van der Waals surface area contributed by atoms with Crippen LogP contribution in [-0.2, 0) is 9.59 Å². The zero-order valence-electron chi connectivity index (χ0n) is 9.75. The third-order valence-corrected chi connectivity index (χ3v) is 3.11. The van der Waals surface area contributed by atoms with E-state index in [0.29, 0.717) is 0 Å². The summed E-state index contributed by atoms with van der Waals surface area (Å²) in [6, 6.07) is -0.775. The quantitative estimate of drug-likeness (QED) is 0.487. The molecule has 2 N–H and O–H groups in total. The molecule has 0 saturated carbocycles. The van der Waals surface area contributed by atoms with Crippen molar-refractivity contribution in [3.05, 3.63) is 0 Å². The average Bonchev–Trinajstić information content (AvgIpc) is 2.16. The highest BCUT2D eigenvalue weighted by molar-refractivity contribution is 14.2. The van der Waals surface area contributed by atoms with E-state index in [2.05, 4.69) is 10.6 Å². The molecular weight excluding hydrogens is 436 g/mol. The number of amides is 2. The van der Waals surface area contributed by atoms with Crippen LogP contribution in [0.3, 0.4) is 0 Å². The van der Waals surface area contributed by atoms with Gasteiger partial charge in [-0.25, -0.2) is 1.33 Å². The van der Waals surface area contributed by atoms with Crippen LogP contribution in [0.15, 0.2) is 0 Å². The molecular formula is C9H17I2N3O2. The Morgan fingerprint density at radius 2 is 1.69 bits per heavy atom. The van der Waals surface area contributed by atoms with Crippen LogP contribution in [0.1, 0.15) is 20.8 Å². The molecule has 0 aliphatic heterocycles. The van der Waals surface area contributed by atoms with E-state index in [1.165, 1.54) is 1.33 Å². The number of nitrogens with one attached hydrogen (secondary N) is 2. The van der Waals surface area contributed by atoms with Crippen molar-refractivity contribution in [3.63, 3.8) is 0 Å². The van der Waals surface area contributed by atoms with E-state index in [0.717, 1.165) is 0 Å². The third kappa shape index (κ3) is 5.13. The van der Waals surface area contributed by atoms with Crippen molar-refractivity contribution in [2.24, 2.45) is 5.92 Å².